The number of carbonyl (C=O) groups excluding carboxylic acids is 1. The Labute approximate surface area is 95.3 Å². The molecule has 1 aromatic rings. The summed E-state index contributed by atoms with van der Waals surface area (Å²) >= 11 is 0. The average molecular weight is 216 g/mol. The molecule has 0 aliphatic heterocycles. The normalized spacial score (nSPS) is 21.1. The van der Waals surface area contributed by atoms with Crippen LogP contribution in [-0.4, -0.2) is 5.78 Å². The van der Waals surface area contributed by atoms with Crippen molar-refractivity contribution in [3.05, 3.63) is 29.2 Å². The fraction of sp³-hybridized carbons (Fsp3) is 0.500. The molecule has 2 aliphatic carbocycles. The van der Waals surface area contributed by atoms with E-state index in [-0.39, 0.29) is 5.78 Å². The number of rotatable bonds is 1. The van der Waals surface area contributed by atoms with Crippen LogP contribution in [0.2, 0.25) is 0 Å². The van der Waals surface area contributed by atoms with Gasteiger partial charge in [-0.15, -0.1) is 0 Å². The average Bonchev–Trinajstić information content (AvgIpc) is 2.76. The Morgan fingerprint density at radius 1 is 1.19 bits per heavy atom. The fourth-order valence-corrected chi connectivity index (χ4v) is 2.74. The van der Waals surface area contributed by atoms with Crippen LogP contribution >= 0.6 is 0 Å². The first-order valence-corrected chi connectivity index (χ1v) is 6.18. The number of hydrogen-bond donors (Lipinski definition) is 0. The summed E-state index contributed by atoms with van der Waals surface area (Å²) in [5, 5.41) is 0. The second-order valence-corrected chi connectivity index (χ2v) is 4.80. The highest BCUT2D eigenvalue weighted by molar-refractivity contribution is 6.00. The summed E-state index contributed by atoms with van der Waals surface area (Å²) < 4.78 is 5.76. The molecule has 1 fully saturated rings. The molecule has 0 atom stereocenters. The van der Waals surface area contributed by atoms with Crippen molar-refractivity contribution < 1.29 is 9.21 Å². The third-order valence-electron chi connectivity index (χ3n) is 3.64. The van der Waals surface area contributed by atoms with E-state index in [1.807, 2.05) is 12.2 Å². The minimum atomic E-state index is 0.125. The second kappa shape index (κ2) is 3.93. The minimum absolute atomic E-state index is 0.125. The van der Waals surface area contributed by atoms with Crippen molar-refractivity contribution in [1.29, 1.82) is 0 Å². The molecule has 1 heterocycles. The zero-order valence-corrected chi connectivity index (χ0v) is 9.37. The molecule has 0 saturated heterocycles. The van der Waals surface area contributed by atoms with Crippen molar-refractivity contribution in [1.82, 2.24) is 0 Å². The van der Waals surface area contributed by atoms with Crippen LogP contribution in [0.3, 0.4) is 0 Å². The molecular formula is C14H16O2. The maximum atomic E-state index is 11.6. The topological polar surface area (TPSA) is 30.2 Å². The molecule has 0 aromatic carbocycles. The zero-order valence-electron chi connectivity index (χ0n) is 9.37. The van der Waals surface area contributed by atoms with Gasteiger partial charge in [-0.1, -0.05) is 31.4 Å². The first-order chi connectivity index (χ1) is 7.84. The molecular weight excluding hydrogens is 200 g/mol. The number of allylic oxidation sites excluding steroid dienone is 1. The molecule has 0 spiro atoms. The largest absolute Gasteiger partial charge is 0.457 e. The van der Waals surface area contributed by atoms with Crippen LogP contribution < -0.4 is 0 Å². The van der Waals surface area contributed by atoms with Gasteiger partial charge in [0.05, 0.1) is 0 Å². The van der Waals surface area contributed by atoms with Gasteiger partial charge in [-0.2, -0.15) is 0 Å². The maximum Gasteiger partial charge on any atom is 0.202 e. The van der Waals surface area contributed by atoms with Crippen molar-refractivity contribution in [3.63, 3.8) is 0 Å². The molecule has 84 valence electrons. The van der Waals surface area contributed by atoms with Gasteiger partial charge in [-0.3, -0.25) is 4.79 Å². The molecule has 0 bridgehead atoms. The van der Waals surface area contributed by atoms with E-state index >= 15 is 0 Å². The lowest BCUT2D eigenvalue weighted by Crippen LogP contribution is -2.03. The summed E-state index contributed by atoms with van der Waals surface area (Å²) in [5.74, 6) is 2.28. The highest BCUT2D eigenvalue weighted by Crippen LogP contribution is 2.36. The van der Waals surface area contributed by atoms with Gasteiger partial charge >= 0.3 is 0 Å². The summed E-state index contributed by atoms with van der Waals surface area (Å²) in [6, 6.07) is 2.07. The third kappa shape index (κ3) is 1.62. The minimum Gasteiger partial charge on any atom is -0.457 e. The summed E-state index contributed by atoms with van der Waals surface area (Å²) in [6.07, 6.45) is 10.8. The summed E-state index contributed by atoms with van der Waals surface area (Å²) in [7, 11) is 0. The molecule has 0 amide bonds. The van der Waals surface area contributed by atoms with Crippen LogP contribution in [0.5, 0.6) is 0 Å². The van der Waals surface area contributed by atoms with Crippen LogP contribution in [-0.2, 0) is 0 Å². The summed E-state index contributed by atoms with van der Waals surface area (Å²) in [4.78, 5) is 11.6. The monoisotopic (exact) mass is 216 g/mol. The zero-order chi connectivity index (χ0) is 11.0. The molecule has 1 saturated carbocycles. The van der Waals surface area contributed by atoms with Crippen LogP contribution in [0.1, 0.15) is 66.3 Å². The summed E-state index contributed by atoms with van der Waals surface area (Å²) in [5.41, 5.74) is 0.983. The lowest BCUT2D eigenvalue weighted by atomic mass is 9.87. The van der Waals surface area contributed by atoms with Gasteiger partial charge in [0.25, 0.3) is 0 Å². The van der Waals surface area contributed by atoms with Gasteiger partial charge in [0.1, 0.15) is 5.76 Å². The van der Waals surface area contributed by atoms with Crippen LogP contribution in [0, 0.1) is 0 Å². The highest BCUT2D eigenvalue weighted by Gasteiger charge is 2.24. The Bertz CT molecular complexity index is 434. The second-order valence-electron chi connectivity index (χ2n) is 4.80. The van der Waals surface area contributed by atoms with E-state index in [1.54, 1.807) is 0 Å². The van der Waals surface area contributed by atoms with Crippen molar-refractivity contribution in [3.8, 4) is 0 Å². The fourth-order valence-electron chi connectivity index (χ4n) is 2.74. The molecule has 16 heavy (non-hydrogen) atoms. The van der Waals surface area contributed by atoms with Gasteiger partial charge in [0.15, 0.2) is 5.76 Å². The lowest BCUT2D eigenvalue weighted by molar-refractivity contribution is 0.0964. The van der Waals surface area contributed by atoms with E-state index in [2.05, 4.69) is 6.07 Å². The van der Waals surface area contributed by atoms with Crippen molar-refractivity contribution in [2.45, 2.75) is 44.4 Å². The van der Waals surface area contributed by atoms with Gasteiger partial charge in [-0.05, 0) is 18.9 Å². The van der Waals surface area contributed by atoms with E-state index in [1.165, 1.54) is 32.1 Å². The van der Waals surface area contributed by atoms with Gasteiger partial charge < -0.3 is 4.42 Å². The van der Waals surface area contributed by atoms with Crippen LogP contribution in [0.4, 0.5) is 0 Å². The van der Waals surface area contributed by atoms with Crippen molar-refractivity contribution in [2.24, 2.45) is 0 Å². The predicted molar refractivity (Wildman–Crippen MR) is 62.5 cm³/mol. The Hall–Kier alpha value is -1.31. The van der Waals surface area contributed by atoms with Gasteiger partial charge in [0, 0.05) is 17.9 Å². The molecule has 2 heteroatoms. The number of hydrogen-bond acceptors (Lipinski definition) is 2. The molecule has 2 aliphatic rings. The van der Waals surface area contributed by atoms with Gasteiger partial charge in [-0.25, -0.2) is 0 Å². The Morgan fingerprint density at radius 2 is 2.00 bits per heavy atom. The van der Waals surface area contributed by atoms with Crippen LogP contribution in [0.15, 0.2) is 16.6 Å². The molecule has 2 nitrogen and oxygen atoms in total. The van der Waals surface area contributed by atoms with E-state index < -0.39 is 0 Å². The van der Waals surface area contributed by atoms with E-state index in [4.69, 9.17) is 4.42 Å². The van der Waals surface area contributed by atoms with E-state index in [0.717, 1.165) is 11.3 Å². The summed E-state index contributed by atoms with van der Waals surface area (Å²) in [6.45, 7) is 0. The number of fused-ring (bicyclic) bond motifs is 1. The Kier molecular flexibility index (Phi) is 2.43. The molecule has 3 rings (SSSR count). The Morgan fingerprint density at radius 3 is 2.75 bits per heavy atom. The van der Waals surface area contributed by atoms with Crippen LogP contribution in [0.25, 0.3) is 6.08 Å². The molecule has 0 radical (unpaired) electrons. The standard InChI is InChI=1S/C14H16O2/c15-12-8-4-7-11-9-13(16-14(11)12)10-5-2-1-3-6-10/h4,7,9-10H,1-3,5-6,8H2. The SMILES string of the molecule is O=C1CC=Cc2cc(C3CCCCC3)oc21. The van der Waals surface area contributed by atoms with Crippen molar-refractivity contribution >= 4 is 11.9 Å². The molecule has 0 unspecified atom stereocenters. The maximum absolute atomic E-state index is 11.6. The third-order valence-corrected chi connectivity index (χ3v) is 3.64. The van der Waals surface area contributed by atoms with Crippen molar-refractivity contribution in [2.75, 3.05) is 0 Å². The lowest BCUT2D eigenvalue weighted by Gasteiger charge is -2.18. The van der Waals surface area contributed by atoms with E-state index in [9.17, 15) is 4.79 Å². The quantitative estimate of drug-likeness (QED) is 0.712. The van der Waals surface area contributed by atoms with Gasteiger partial charge in [0.2, 0.25) is 5.78 Å². The number of ketones is 1. The smallest absolute Gasteiger partial charge is 0.202 e. The first kappa shape index (κ1) is 9.88. The number of Topliss-reactive ketones (excluding diaryl/α,β-unsaturated/α-hetero) is 1. The Balaban J connectivity index is 1.91. The first-order valence-electron chi connectivity index (χ1n) is 6.18. The number of furan rings is 1. The molecule has 0 N–H and O–H groups in total. The highest BCUT2D eigenvalue weighted by atomic mass is 16.3. The molecule has 1 aromatic heterocycles. The predicted octanol–water partition coefficient (Wildman–Crippen LogP) is 3.93. The number of carbonyl (C=O) groups is 1. The van der Waals surface area contributed by atoms with E-state index in [0.29, 0.717) is 18.1 Å².